The molecule has 6 nitrogen and oxygen atoms in total. The number of hydrogen-bond acceptors (Lipinski definition) is 6. The molecule has 7 heteroatoms. The first-order valence-electron chi connectivity index (χ1n) is 7.87. The molecule has 0 unspecified atom stereocenters. The Kier molecular flexibility index (Phi) is 4.93. The smallest absolute Gasteiger partial charge is 0.232 e. The highest BCUT2D eigenvalue weighted by atomic mass is 35.5. The number of halogens is 1. The number of piperidine rings is 1. The van der Waals surface area contributed by atoms with Crippen molar-refractivity contribution >= 4 is 29.2 Å². The molecular formula is C16H21ClN6. The van der Waals surface area contributed by atoms with Crippen molar-refractivity contribution in [2.45, 2.75) is 32.7 Å². The Morgan fingerprint density at radius 3 is 2.74 bits per heavy atom. The summed E-state index contributed by atoms with van der Waals surface area (Å²) in [6, 6.07) is 5.67. The lowest BCUT2D eigenvalue weighted by atomic mass is 10.1. The minimum atomic E-state index is 0.231. The summed E-state index contributed by atoms with van der Waals surface area (Å²) in [5.74, 6) is 1.38. The number of aromatic nitrogens is 3. The van der Waals surface area contributed by atoms with E-state index in [4.69, 9.17) is 17.3 Å². The third-order valence-corrected chi connectivity index (χ3v) is 4.44. The molecule has 1 aliphatic heterocycles. The molecule has 0 spiro atoms. The molecular weight excluding hydrogens is 312 g/mol. The molecule has 0 amide bonds. The molecule has 0 aliphatic carbocycles. The highest BCUT2D eigenvalue weighted by molar-refractivity contribution is 6.31. The van der Waals surface area contributed by atoms with Gasteiger partial charge in [0.1, 0.15) is 5.82 Å². The van der Waals surface area contributed by atoms with Gasteiger partial charge in [0, 0.05) is 10.7 Å². The summed E-state index contributed by atoms with van der Waals surface area (Å²) in [7, 11) is 0. The van der Waals surface area contributed by atoms with Gasteiger partial charge < -0.3 is 11.1 Å². The molecule has 1 aromatic carbocycles. The summed E-state index contributed by atoms with van der Waals surface area (Å²) in [5.41, 5.74) is 7.66. The normalized spacial score (nSPS) is 15.6. The molecule has 122 valence electrons. The fraction of sp³-hybridized carbons (Fsp3) is 0.438. The van der Waals surface area contributed by atoms with E-state index in [9.17, 15) is 0 Å². The number of benzene rings is 1. The summed E-state index contributed by atoms with van der Waals surface area (Å²) in [4.78, 5) is 15.3. The summed E-state index contributed by atoms with van der Waals surface area (Å²) in [5, 5.41) is 3.89. The summed E-state index contributed by atoms with van der Waals surface area (Å²) in [6.45, 7) is 4.82. The fourth-order valence-corrected chi connectivity index (χ4v) is 2.92. The lowest BCUT2D eigenvalue weighted by Crippen LogP contribution is -2.30. The summed E-state index contributed by atoms with van der Waals surface area (Å²) < 4.78 is 0. The Morgan fingerprint density at radius 1 is 1.17 bits per heavy atom. The van der Waals surface area contributed by atoms with Crippen molar-refractivity contribution < 1.29 is 0 Å². The van der Waals surface area contributed by atoms with Gasteiger partial charge in [-0.05, 0) is 50.6 Å². The molecule has 3 rings (SSSR count). The van der Waals surface area contributed by atoms with Gasteiger partial charge in [-0.3, -0.25) is 4.90 Å². The van der Waals surface area contributed by atoms with Crippen LogP contribution in [0.4, 0.5) is 17.6 Å². The van der Waals surface area contributed by atoms with Gasteiger partial charge in [0.05, 0.1) is 6.54 Å². The highest BCUT2D eigenvalue weighted by Crippen LogP contribution is 2.25. The number of anilines is 3. The van der Waals surface area contributed by atoms with Gasteiger partial charge >= 0.3 is 0 Å². The van der Waals surface area contributed by atoms with Crippen molar-refractivity contribution in [3.63, 3.8) is 0 Å². The second kappa shape index (κ2) is 7.10. The first-order chi connectivity index (χ1) is 11.1. The number of nitrogens with zero attached hydrogens (tertiary/aromatic N) is 4. The highest BCUT2D eigenvalue weighted by Gasteiger charge is 2.14. The Hall–Kier alpha value is -1.92. The quantitative estimate of drug-likeness (QED) is 0.895. The van der Waals surface area contributed by atoms with E-state index in [-0.39, 0.29) is 5.95 Å². The lowest BCUT2D eigenvalue weighted by Gasteiger charge is -2.25. The maximum Gasteiger partial charge on any atom is 0.232 e. The average Bonchev–Trinajstić information content (AvgIpc) is 2.52. The van der Waals surface area contributed by atoms with E-state index >= 15 is 0 Å². The van der Waals surface area contributed by atoms with Crippen molar-refractivity contribution in [3.05, 3.63) is 34.6 Å². The van der Waals surface area contributed by atoms with E-state index in [1.54, 1.807) is 0 Å². The lowest BCUT2D eigenvalue weighted by molar-refractivity contribution is 0.216. The molecule has 0 radical (unpaired) electrons. The van der Waals surface area contributed by atoms with Crippen molar-refractivity contribution in [1.82, 2.24) is 19.9 Å². The minimum absolute atomic E-state index is 0.231. The Morgan fingerprint density at radius 2 is 1.96 bits per heavy atom. The van der Waals surface area contributed by atoms with Crippen LogP contribution in [0.25, 0.3) is 0 Å². The number of rotatable bonds is 4. The van der Waals surface area contributed by atoms with Gasteiger partial charge in [0.25, 0.3) is 0 Å². The number of nitrogens with two attached hydrogens (primary N) is 1. The van der Waals surface area contributed by atoms with Crippen molar-refractivity contribution in [1.29, 1.82) is 0 Å². The number of likely N-dealkylation sites (tertiary alicyclic amines) is 1. The van der Waals surface area contributed by atoms with E-state index in [1.807, 2.05) is 25.1 Å². The second-order valence-electron chi connectivity index (χ2n) is 5.81. The van der Waals surface area contributed by atoms with Crippen molar-refractivity contribution in [2.24, 2.45) is 0 Å². The maximum absolute atomic E-state index is 6.15. The summed E-state index contributed by atoms with van der Waals surface area (Å²) >= 11 is 6.15. The minimum Gasteiger partial charge on any atom is -0.368 e. The SMILES string of the molecule is Cc1c(Cl)cccc1Nc1nc(N)nc(CN2CCCCC2)n1. The van der Waals surface area contributed by atoms with E-state index in [1.165, 1.54) is 19.3 Å². The second-order valence-corrected chi connectivity index (χ2v) is 6.21. The number of nitrogens with one attached hydrogen (secondary N) is 1. The molecule has 1 aromatic heterocycles. The molecule has 0 atom stereocenters. The van der Waals surface area contributed by atoms with E-state index in [0.29, 0.717) is 23.3 Å². The van der Waals surface area contributed by atoms with Crippen LogP contribution in [0.5, 0.6) is 0 Å². The fourth-order valence-electron chi connectivity index (χ4n) is 2.75. The number of hydrogen-bond donors (Lipinski definition) is 2. The predicted molar refractivity (Wildman–Crippen MR) is 92.8 cm³/mol. The molecule has 2 heterocycles. The third kappa shape index (κ3) is 4.09. The third-order valence-electron chi connectivity index (χ3n) is 4.03. The molecule has 1 saturated heterocycles. The van der Waals surface area contributed by atoms with Crippen LogP contribution >= 0.6 is 11.6 Å². The van der Waals surface area contributed by atoms with Crippen LogP contribution < -0.4 is 11.1 Å². The maximum atomic E-state index is 6.15. The van der Waals surface area contributed by atoms with Crippen LogP contribution in [0, 0.1) is 6.92 Å². The first kappa shape index (κ1) is 16.0. The standard InChI is InChI=1S/C16H21ClN6/c1-11-12(17)6-5-7-13(11)19-16-21-14(20-15(18)22-16)10-23-8-3-2-4-9-23/h5-7H,2-4,8-10H2,1H3,(H3,18,19,20,21,22). The van der Waals surface area contributed by atoms with Gasteiger partial charge in [0.2, 0.25) is 11.9 Å². The van der Waals surface area contributed by atoms with Gasteiger partial charge in [0.15, 0.2) is 0 Å². The average molecular weight is 333 g/mol. The van der Waals surface area contributed by atoms with Crippen LogP contribution in [-0.4, -0.2) is 32.9 Å². The Bertz CT molecular complexity index is 684. The van der Waals surface area contributed by atoms with Crippen molar-refractivity contribution in [3.8, 4) is 0 Å². The Balaban J connectivity index is 1.78. The Labute approximate surface area is 141 Å². The zero-order chi connectivity index (χ0) is 16.2. The van der Waals surface area contributed by atoms with Gasteiger partial charge in [-0.15, -0.1) is 0 Å². The monoisotopic (exact) mass is 332 g/mol. The van der Waals surface area contributed by atoms with E-state index in [0.717, 1.165) is 24.3 Å². The van der Waals surface area contributed by atoms with Gasteiger partial charge in [-0.25, -0.2) is 0 Å². The first-order valence-corrected chi connectivity index (χ1v) is 8.24. The van der Waals surface area contributed by atoms with Gasteiger partial charge in [-0.1, -0.05) is 24.1 Å². The number of nitrogen functional groups attached to an aromatic ring is 1. The van der Waals surface area contributed by atoms with Crippen molar-refractivity contribution in [2.75, 3.05) is 24.1 Å². The topological polar surface area (TPSA) is 80.0 Å². The molecule has 0 bridgehead atoms. The van der Waals surface area contributed by atoms with Crippen LogP contribution in [0.15, 0.2) is 18.2 Å². The van der Waals surface area contributed by atoms with Gasteiger partial charge in [-0.2, -0.15) is 15.0 Å². The van der Waals surface area contributed by atoms with Crippen LogP contribution in [0.3, 0.4) is 0 Å². The molecule has 3 N–H and O–H groups in total. The van der Waals surface area contributed by atoms with E-state index < -0.39 is 0 Å². The largest absolute Gasteiger partial charge is 0.368 e. The zero-order valence-electron chi connectivity index (χ0n) is 13.2. The molecule has 2 aromatic rings. The molecule has 23 heavy (non-hydrogen) atoms. The van der Waals surface area contributed by atoms with Crippen LogP contribution in [0.1, 0.15) is 30.7 Å². The molecule has 1 aliphatic rings. The molecule has 0 saturated carbocycles. The zero-order valence-corrected chi connectivity index (χ0v) is 14.0. The van der Waals surface area contributed by atoms with Crippen LogP contribution in [-0.2, 0) is 6.54 Å². The van der Waals surface area contributed by atoms with E-state index in [2.05, 4.69) is 25.2 Å². The molecule has 1 fully saturated rings. The summed E-state index contributed by atoms with van der Waals surface area (Å²) in [6.07, 6.45) is 3.76. The van der Waals surface area contributed by atoms with Crippen LogP contribution in [0.2, 0.25) is 5.02 Å². The predicted octanol–water partition coefficient (Wildman–Crippen LogP) is 3.15.